The Balaban J connectivity index is 2.43. The number of methoxy groups -OCH3 is 1. The molecule has 0 saturated carbocycles. The normalized spacial score (nSPS) is 11.9. The summed E-state index contributed by atoms with van der Waals surface area (Å²) in [4.78, 5) is 30.3. The number of nitrogens with one attached hydrogen (secondary N) is 2. The van der Waals surface area contributed by atoms with Gasteiger partial charge in [0.05, 0.1) is 13.4 Å². The Hall–Kier alpha value is -1.85. The number of unbranched alkanes of at least 4 members (excludes halogenated alkanes) is 3. The minimum Gasteiger partial charge on any atom is -0.467 e. The van der Waals surface area contributed by atoms with E-state index in [9.17, 15) is 9.59 Å². The highest BCUT2D eigenvalue weighted by Gasteiger charge is 2.22. The number of nitrogens with zero attached hydrogens (tertiary/aromatic N) is 1. The van der Waals surface area contributed by atoms with Crippen molar-refractivity contribution in [2.24, 2.45) is 0 Å². The third-order valence-corrected chi connectivity index (χ3v) is 3.06. The first-order chi connectivity index (χ1) is 9.67. The fraction of sp³-hybridized carbons (Fsp3) is 0.643. The Morgan fingerprint density at radius 1 is 1.40 bits per heavy atom. The van der Waals surface area contributed by atoms with E-state index in [0.717, 1.165) is 31.4 Å². The van der Waals surface area contributed by atoms with E-state index in [1.165, 1.54) is 13.4 Å². The number of H-pyrrole nitrogens is 1. The molecule has 1 aromatic heterocycles. The van der Waals surface area contributed by atoms with Crippen molar-refractivity contribution in [2.45, 2.75) is 51.5 Å². The second kappa shape index (κ2) is 9.12. The van der Waals surface area contributed by atoms with Crippen LogP contribution in [0.2, 0.25) is 0 Å². The molecule has 0 aliphatic carbocycles. The molecule has 0 spiro atoms. The number of carbonyl (C=O) groups excluding carboxylic acids is 2. The van der Waals surface area contributed by atoms with Gasteiger partial charge in [-0.15, -0.1) is 0 Å². The largest absolute Gasteiger partial charge is 0.467 e. The van der Waals surface area contributed by atoms with E-state index < -0.39 is 12.0 Å². The first kappa shape index (κ1) is 16.2. The van der Waals surface area contributed by atoms with Gasteiger partial charge in [-0.25, -0.2) is 9.78 Å². The zero-order valence-electron chi connectivity index (χ0n) is 12.1. The van der Waals surface area contributed by atoms with E-state index in [0.29, 0.717) is 12.8 Å². The maximum atomic E-state index is 11.8. The highest BCUT2D eigenvalue weighted by molar-refractivity contribution is 5.84. The van der Waals surface area contributed by atoms with Crippen molar-refractivity contribution in [1.29, 1.82) is 0 Å². The highest BCUT2D eigenvalue weighted by atomic mass is 16.5. The molecule has 0 aliphatic rings. The van der Waals surface area contributed by atoms with E-state index in [2.05, 4.69) is 22.2 Å². The summed E-state index contributed by atoms with van der Waals surface area (Å²) < 4.78 is 4.72. The summed E-state index contributed by atoms with van der Waals surface area (Å²) in [6.07, 6.45) is 8.10. The van der Waals surface area contributed by atoms with E-state index in [1.54, 1.807) is 6.20 Å². The average Bonchev–Trinajstić information content (AvgIpc) is 2.95. The van der Waals surface area contributed by atoms with Gasteiger partial charge in [-0.2, -0.15) is 0 Å². The topological polar surface area (TPSA) is 84.1 Å². The van der Waals surface area contributed by atoms with Crippen LogP contribution in [0.15, 0.2) is 12.5 Å². The second-order valence-electron chi connectivity index (χ2n) is 4.73. The molecule has 0 saturated heterocycles. The lowest BCUT2D eigenvalue weighted by Crippen LogP contribution is -2.43. The van der Waals surface area contributed by atoms with Crippen molar-refractivity contribution in [3.63, 3.8) is 0 Å². The van der Waals surface area contributed by atoms with Gasteiger partial charge in [0, 0.05) is 24.7 Å². The molecule has 6 heteroatoms. The molecule has 1 unspecified atom stereocenters. The summed E-state index contributed by atoms with van der Waals surface area (Å²) in [6.45, 7) is 2.12. The van der Waals surface area contributed by atoms with Crippen molar-refractivity contribution >= 4 is 11.9 Å². The maximum absolute atomic E-state index is 11.8. The number of imidazole rings is 1. The van der Waals surface area contributed by atoms with Crippen molar-refractivity contribution in [3.8, 4) is 0 Å². The van der Waals surface area contributed by atoms with Crippen LogP contribution in [0.25, 0.3) is 0 Å². The number of ether oxygens (including phenoxy) is 1. The first-order valence-corrected chi connectivity index (χ1v) is 7.01. The molecule has 0 aromatic carbocycles. The van der Waals surface area contributed by atoms with Crippen molar-refractivity contribution in [3.05, 3.63) is 18.2 Å². The number of aromatic amines is 1. The van der Waals surface area contributed by atoms with Crippen LogP contribution in [0.1, 0.15) is 44.7 Å². The summed E-state index contributed by atoms with van der Waals surface area (Å²) in [6, 6.07) is -0.667. The Morgan fingerprint density at radius 2 is 2.20 bits per heavy atom. The number of amides is 1. The lowest BCUT2D eigenvalue weighted by molar-refractivity contribution is -0.145. The number of esters is 1. The number of carbonyl (C=O) groups is 2. The van der Waals surface area contributed by atoms with Gasteiger partial charge in [-0.3, -0.25) is 4.79 Å². The quantitative estimate of drug-likeness (QED) is 0.531. The summed E-state index contributed by atoms with van der Waals surface area (Å²) in [7, 11) is 1.32. The standard InChI is InChI=1S/C14H23N3O3/c1-3-4-5-6-7-13(18)17-12(14(19)20-2)8-11-9-15-10-16-11/h9-10,12H,3-8H2,1-2H3,(H,15,16)(H,17,18). The van der Waals surface area contributed by atoms with Gasteiger partial charge in [-0.05, 0) is 6.42 Å². The molecule has 1 amide bonds. The van der Waals surface area contributed by atoms with Crippen LogP contribution in [0.4, 0.5) is 0 Å². The predicted octanol–water partition coefficient (Wildman–Crippen LogP) is 1.58. The predicted molar refractivity (Wildman–Crippen MR) is 75.0 cm³/mol. The number of aromatic nitrogens is 2. The van der Waals surface area contributed by atoms with Gasteiger partial charge in [0.1, 0.15) is 6.04 Å². The molecule has 0 aliphatic heterocycles. The lowest BCUT2D eigenvalue weighted by Gasteiger charge is -2.15. The third-order valence-electron chi connectivity index (χ3n) is 3.06. The molecule has 2 N–H and O–H groups in total. The van der Waals surface area contributed by atoms with Crippen molar-refractivity contribution in [1.82, 2.24) is 15.3 Å². The van der Waals surface area contributed by atoms with Crippen LogP contribution >= 0.6 is 0 Å². The minimum atomic E-state index is -0.667. The number of rotatable bonds is 9. The molecule has 1 atom stereocenters. The van der Waals surface area contributed by atoms with Crippen LogP contribution in [-0.2, 0) is 20.7 Å². The summed E-state index contributed by atoms with van der Waals surface area (Å²) in [5.41, 5.74) is 0.784. The van der Waals surface area contributed by atoms with Crippen LogP contribution in [0.3, 0.4) is 0 Å². The van der Waals surface area contributed by atoms with Crippen molar-refractivity contribution in [2.75, 3.05) is 7.11 Å². The Bertz CT molecular complexity index is 404. The fourth-order valence-electron chi connectivity index (χ4n) is 1.93. The minimum absolute atomic E-state index is 0.115. The molecule has 0 bridgehead atoms. The molecule has 112 valence electrons. The molecule has 1 aromatic rings. The summed E-state index contributed by atoms with van der Waals surface area (Å²) in [5.74, 6) is -0.558. The molecule has 20 heavy (non-hydrogen) atoms. The molecular formula is C14H23N3O3. The maximum Gasteiger partial charge on any atom is 0.328 e. The van der Waals surface area contributed by atoms with Gasteiger partial charge in [0.25, 0.3) is 0 Å². The third kappa shape index (κ3) is 5.86. The Morgan fingerprint density at radius 3 is 2.80 bits per heavy atom. The zero-order chi connectivity index (χ0) is 14.8. The Labute approximate surface area is 119 Å². The van der Waals surface area contributed by atoms with Gasteiger partial charge < -0.3 is 15.0 Å². The van der Waals surface area contributed by atoms with Gasteiger partial charge in [-0.1, -0.05) is 26.2 Å². The van der Waals surface area contributed by atoms with E-state index >= 15 is 0 Å². The summed E-state index contributed by atoms with van der Waals surface area (Å²) >= 11 is 0. The molecule has 0 radical (unpaired) electrons. The average molecular weight is 281 g/mol. The van der Waals surface area contributed by atoms with Crippen molar-refractivity contribution < 1.29 is 14.3 Å². The van der Waals surface area contributed by atoms with E-state index in [1.807, 2.05) is 0 Å². The van der Waals surface area contributed by atoms with Crippen LogP contribution in [0.5, 0.6) is 0 Å². The molecule has 1 heterocycles. The monoisotopic (exact) mass is 281 g/mol. The van der Waals surface area contributed by atoms with E-state index in [4.69, 9.17) is 4.74 Å². The van der Waals surface area contributed by atoms with Crippen LogP contribution in [-0.4, -0.2) is 35.0 Å². The highest BCUT2D eigenvalue weighted by Crippen LogP contribution is 2.04. The number of hydrogen-bond acceptors (Lipinski definition) is 4. The fourth-order valence-corrected chi connectivity index (χ4v) is 1.93. The SMILES string of the molecule is CCCCCCC(=O)NC(Cc1cnc[nH]1)C(=O)OC. The van der Waals surface area contributed by atoms with E-state index in [-0.39, 0.29) is 5.91 Å². The Kier molecular flexibility index (Phi) is 7.39. The smallest absolute Gasteiger partial charge is 0.328 e. The molecule has 6 nitrogen and oxygen atoms in total. The molecular weight excluding hydrogens is 258 g/mol. The number of hydrogen-bond donors (Lipinski definition) is 2. The van der Waals surface area contributed by atoms with Gasteiger partial charge in [0.15, 0.2) is 0 Å². The van der Waals surface area contributed by atoms with Gasteiger partial charge >= 0.3 is 5.97 Å². The van der Waals surface area contributed by atoms with Gasteiger partial charge in [0.2, 0.25) is 5.91 Å². The summed E-state index contributed by atoms with van der Waals surface area (Å²) in [5, 5.41) is 2.72. The second-order valence-corrected chi connectivity index (χ2v) is 4.73. The van der Waals surface area contributed by atoms with Crippen LogP contribution < -0.4 is 5.32 Å². The first-order valence-electron chi connectivity index (χ1n) is 7.01. The van der Waals surface area contributed by atoms with Crippen LogP contribution in [0, 0.1) is 0 Å². The zero-order valence-corrected chi connectivity index (χ0v) is 12.1. The lowest BCUT2D eigenvalue weighted by atomic mass is 10.1. The molecule has 0 fully saturated rings. The molecule has 1 rings (SSSR count).